The molecule has 1 atom stereocenters. The summed E-state index contributed by atoms with van der Waals surface area (Å²) in [7, 11) is 0. The summed E-state index contributed by atoms with van der Waals surface area (Å²) >= 11 is 1.84. The molecule has 90 valence electrons. The van der Waals surface area contributed by atoms with Gasteiger partial charge in [-0.15, -0.1) is 0 Å². The van der Waals surface area contributed by atoms with E-state index in [4.69, 9.17) is 0 Å². The van der Waals surface area contributed by atoms with Crippen molar-refractivity contribution in [3.63, 3.8) is 0 Å². The van der Waals surface area contributed by atoms with Gasteiger partial charge in [0.05, 0.1) is 6.04 Å². The van der Waals surface area contributed by atoms with E-state index in [2.05, 4.69) is 11.6 Å². The second-order valence-corrected chi connectivity index (χ2v) is 5.73. The normalized spacial score (nSPS) is 23.0. The molecule has 15 heavy (non-hydrogen) atoms. The highest BCUT2D eigenvalue weighted by atomic mass is 32.2. The largest absolute Gasteiger partial charge is 0.308 e. The van der Waals surface area contributed by atoms with Crippen LogP contribution in [0.3, 0.4) is 0 Å². The maximum Gasteiger partial charge on any atom is 0.253 e. The Morgan fingerprint density at radius 1 is 1.27 bits per heavy atom. The van der Waals surface area contributed by atoms with Crippen molar-refractivity contribution in [1.82, 2.24) is 5.32 Å². The zero-order chi connectivity index (χ0) is 11.3. The standard InChI is InChI=1S/C11H21F2NS/c1-9(10(12)13)14-8-11(15-2)6-4-3-5-7-11/h9-10,14H,3-8H2,1-2H3. The van der Waals surface area contributed by atoms with Gasteiger partial charge >= 0.3 is 0 Å². The first-order chi connectivity index (χ1) is 7.09. The molecule has 1 N–H and O–H groups in total. The molecule has 4 heteroatoms. The summed E-state index contributed by atoms with van der Waals surface area (Å²) < 4.78 is 24.9. The Morgan fingerprint density at radius 3 is 2.33 bits per heavy atom. The molecular weight excluding hydrogens is 216 g/mol. The molecule has 0 saturated heterocycles. The number of hydrogen-bond acceptors (Lipinski definition) is 2. The first-order valence-electron chi connectivity index (χ1n) is 5.66. The quantitative estimate of drug-likeness (QED) is 0.787. The fourth-order valence-corrected chi connectivity index (χ4v) is 3.01. The molecule has 0 heterocycles. The van der Waals surface area contributed by atoms with Gasteiger partial charge in [0, 0.05) is 11.3 Å². The van der Waals surface area contributed by atoms with Gasteiger partial charge in [-0.25, -0.2) is 8.78 Å². The van der Waals surface area contributed by atoms with Crippen LogP contribution in [0, 0.1) is 0 Å². The van der Waals surface area contributed by atoms with E-state index in [1.165, 1.54) is 19.3 Å². The molecule has 0 aromatic heterocycles. The third kappa shape index (κ3) is 3.91. The van der Waals surface area contributed by atoms with Gasteiger partial charge in [-0.2, -0.15) is 11.8 Å². The second kappa shape index (κ2) is 6.04. The van der Waals surface area contributed by atoms with Gasteiger partial charge in [-0.3, -0.25) is 0 Å². The summed E-state index contributed by atoms with van der Waals surface area (Å²) in [6.45, 7) is 2.28. The zero-order valence-corrected chi connectivity index (χ0v) is 10.4. The van der Waals surface area contributed by atoms with Crippen molar-refractivity contribution in [3.8, 4) is 0 Å². The fraction of sp³-hybridized carbons (Fsp3) is 1.00. The molecule has 1 aliphatic carbocycles. The molecule has 1 fully saturated rings. The average molecular weight is 237 g/mol. The number of thioether (sulfide) groups is 1. The van der Waals surface area contributed by atoms with Crippen LogP contribution in [0.1, 0.15) is 39.0 Å². The van der Waals surface area contributed by atoms with Crippen LogP contribution in [-0.4, -0.2) is 30.0 Å². The predicted molar refractivity (Wildman–Crippen MR) is 62.8 cm³/mol. The molecule has 0 amide bonds. The van der Waals surface area contributed by atoms with E-state index in [1.807, 2.05) is 11.8 Å². The van der Waals surface area contributed by atoms with Crippen molar-refractivity contribution in [2.45, 2.75) is 56.2 Å². The first-order valence-corrected chi connectivity index (χ1v) is 6.89. The summed E-state index contributed by atoms with van der Waals surface area (Å²) in [4.78, 5) is 0. The Morgan fingerprint density at radius 2 is 1.87 bits per heavy atom. The zero-order valence-electron chi connectivity index (χ0n) is 9.56. The lowest BCUT2D eigenvalue weighted by Crippen LogP contribution is -2.44. The molecule has 0 aliphatic heterocycles. The van der Waals surface area contributed by atoms with Crippen molar-refractivity contribution in [3.05, 3.63) is 0 Å². The maximum atomic E-state index is 12.3. The molecule has 1 rings (SSSR count). The average Bonchev–Trinajstić information content (AvgIpc) is 2.27. The molecule has 0 bridgehead atoms. The van der Waals surface area contributed by atoms with E-state index >= 15 is 0 Å². The second-order valence-electron chi connectivity index (χ2n) is 4.45. The number of rotatable bonds is 5. The Balaban J connectivity index is 2.38. The van der Waals surface area contributed by atoms with E-state index in [0.717, 1.165) is 19.4 Å². The fourth-order valence-electron chi connectivity index (χ4n) is 2.09. The number of hydrogen-bond donors (Lipinski definition) is 1. The Labute approximate surface area is 95.4 Å². The van der Waals surface area contributed by atoms with Crippen LogP contribution in [0.4, 0.5) is 8.78 Å². The van der Waals surface area contributed by atoms with Crippen LogP contribution in [0.2, 0.25) is 0 Å². The van der Waals surface area contributed by atoms with Crippen molar-refractivity contribution < 1.29 is 8.78 Å². The Kier molecular flexibility index (Phi) is 5.33. The molecular formula is C11H21F2NS. The van der Waals surface area contributed by atoms with Gasteiger partial charge in [0.1, 0.15) is 0 Å². The van der Waals surface area contributed by atoms with Crippen molar-refractivity contribution >= 4 is 11.8 Å². The third-order valence-electron chi connectivity index (χ3n) is 3.32. The lowest BCUT2D eigenvalue weighted by molar-refractivity contribution is 0.104. The highest BCUT2D eigenvalue weighted by Crippen LogP contribution is 2.38. The topological polar surface area (TPSA) is 12.0 Å². The molecule has 0 aromatic rings. The van der Waals surface area contributed by atoms with E-state index in [0.29, 0.717) is 0 Å². The number of nitrogens with one attached hydrogen (secondary N) is 1. The van der Waals surface area contributed by atoms with E-state index < -0.39 is 12.5 Å². The van der Waals surface area contributed by atoms with Gasteiger partial charge in [-0.05, 0) is 26.0 Å². The van der Waals surface area contributed by atoms with Crippen molar-refractivity contribution in [2.75, 3.05) is 12.8 Å². The Bertz CT molecular complexity index is 181. The minimum absolute atomic E-state index is 0.210. The molecule has 0 radical (unpaired) electrons. The monoisotopic (exact) mass is 237 g/mol. The van der Waals surface area contributed by atoms with Gasteiger partial charge < -0.3 is 5.32 Å². The predicted octanol–water partition coefficient (Wildman–Crippen LogP) is 3.30. The van der Waals surface area contributed by atoms with Gasteiger partial charge in [0.15, 0.2) is 0 Å². The number of halogens is 2. The lowest BCUT2D eigenvalue weighted by Gasteiger charge is -2.36. The molecule has 1 saturated carbocycles. The summed E-state index contributed by atoms with van der Waals surface area (Å²) in [6.07, 6.45) is 5.95. The maximum absolute atomic E-state index is 12.3. The highest BCUT2D eigenvalue weighted by molar-refractivity contribution is 8.00. The summed E-state index contributed by atoms with van der Waals surface area (Å²) in [5.41, 5.74) is 0. The van der Waals surface area contributed by atoms with Crippen LogP contribution in [0.15, 0.2) is 0 Å². The molecule has 1 aliphatic rings. The molecule has 0 aromatic carbocycles. The molecule has 1 nitrogen and oxygen atoms in total. The van der Waals surface area contributed by atoms with Crippen LogP contribution in [0.5, 0.6) is 0 Å². The van der Waals surface area contributed by atoms with Gasteiger partial charge in [-0.1, -0.05) is 19.3 Å². The van der Waals surface area contributed by atoms with Crippen molar-refractivity contribution in [1.29, 1.82) is 0 Å². The molecule has 1 unspecified atom stereocenters. The summed E-state index contributed by atoms with van der Waals surface area (Å²) in [6, 6.07) is -0.684. The van der Waals surface area contributed by atoms with Crippen LogP contribution in [-0.2, 0) is 0 Å². The summed E-state index contributed by atoms with van der Waals surface area (Å²) in [5, 5.41) is 2.97. The van der Waals surface area contributed by atoms with Crippen LogP contribution in [0.25, 0.3) is 0 Å². The minimum Gasteiger partial charge on any atom is -0.308 e. The van der Waals surface area contributed by atoms with E-state index in [1.54, 1.807) is 6.92 Å². The first kappa shape index (κ1) is 13.2. The van der Waals surface area contributed by atoms with Crippen LogP contribution >= 0.6 is 11.8 Å². The Hall–Kier alpha value is 0.170. The SMILES string of the molecule is CSC1(CNC(C)C(F)F)CCCCC1. The van der Waals surface area contributed by atoms with Crippen molar-refractivity contribution in [2.24, 2.45) is 0 Å². The van der Waals surface area contributed by atoms with Gasteiger partial charge in [0.2, 0.25) is 0 Å². The van der Waals surface area contributed by atoms with E-state index in [9.17, 15) is 8.78 Å². The van der Waals surface area contributed by atoms with Gasteiger partial charge in [0.25, 0.3) is 6.43 Å². The van der Waals surface area contributed by atoms with Crippen LogP contribution < -0.4 is 5.32 Å². The highest BCUT2D eigenvalue weighted by Gasteiger charge is 2.31. The third-order valence-corrected chi connectivity index (χ3v) is 4.74. The minimum atomic E-state index is -2.26. The smallest absolute Gasteiger partial charge is 0.253 e. The van der Waals surface area contributed by atoms with E-state index in [-0.39, 0.29) is 4.75 Å². The lowest BCUT2D eigenvalue weighted by atomic mass is 9.88. The molecule has 0 spiro atoms. The summed E-state index contributed by atoms with van der Waals surface area (Å²) in [5.74, 6) is 0. The number of alkyl halides is 2.